The molecule has 1 saturated heterocycles. The Morgan fingerprint density at radius 3 is 3.00 bits per heavy atom. The second kappa shape index (κ2) is 6.91. The lowest BCUT2D eigenvalue weighted by Gasteiger charge is -2.26. The molecule has 8 heteroatoms. The molecule has 0 bridgehead atoms. The van der Waals surface area contributed by atoms with E-state index in [2.05, 4.69) is 20.1 Å². The molecule has 3 heterocycles. The van der Waals surface area contributed by atoms with Gasteiger partial charge >= 0.3 is 0 Å². The van der Waals surface area contributed by atoms with Crippen molar-refractivity contribution in [3.05, 3.63) is 30.6 Å². The molecule has 1 amide bonds. The fourth-order valence-electron chi connectivity index (χ4n) is 3.06. The van der Waals surface area contributed by atoms with E-state index in [0.717, 1.165) is 31.5 Å². The molecule has 124 valence electrons. The summed E-state index contributed by atoms with van der Waals surface area (Å²) >= 11 is 0. The number of hydrogen-bond acceptors (Lipinski definition) is 5. The lowest BCUT2D eigenvalue weighted by atomic mass is 10.2. The van der Waals surface area contributed by atoms with Gasteiger partial charge in [-0.15, -0.1) is 0 Å². The number of hydrogen-bond donors (Lipinski definition) is 0. The summed E-state index contributed by atoms with van der Waals surface area (Å²) in [6.07, 6.45) is 9.23. The SMILES string of the molecule is CN(Cc1cnn(C)c1)C(=O)CN1CCC[C@H]1Cn1cncn1. The third-order valence-corrected chi connectivity index (χ3v) is 4.31. The molecule has 0 unspecified atom stereocenters. The van der Waals surface area contributed by atoms with Gasteiger partial charge < -0.3 is 4.90 Å². The van der Waals surface area contributed by atoms with Crippen LogP contribution in [0.15, 0.2) is 25.0 Å². The van der Waals surface area contributed by atoms with Gasteiger partial charge in [0.1, 0.15) is 12.7 Å². The van der Waals surface area contributed by atoms with Crippen LogP contribution >= 0.6 is 0 Å². The number of aromatic nitrogens is 5. The fraction of sp³-hybridized carbons (Fsp3) is 0.600. The molecule has 0 saturated carbocycles. The van der Waals surface area contributed by atoms with E-state index in [4.69, 9.17) is 0 Å². The van der Waals surface area contributed by atoms with Crippen LogP contribution in [0.4, 0.5) is 0 Å². The summed E-state index contributed by atoms with van der Waals surface area (Å²) in [5.74, 6) is 0.138. The molecule has 0 spiro atoms. The molecule has 1 atom stereocenters. The van der Waals surface area contributed by atoms with Crippen LogP contribution in [0, 0.1) is 0 Å². The molecule has 0 aliphatic carbocycles. The van der Waals surface area contributed by atoms with Gasteiger partial charge in [0, 0.05) is 38.4 Å². The number of rotatable bonds is 6. The van der Waals surface area contributed by atoms with Gasteiger partial charge in [0.05, 0.1) is 19.3 Å². The number of aryl methyl sites for hydroxylation is 1. The highest BCUT2D eigenvalue weighted by Gasteiger charge is 2.27. The van der Waals surface area contributed by atoms with Gasteiger partial charge in [0.2, 0.25) is 5.91 Å². The van der Waals surface area contributed by atoms with Crippen LogP contribution in [0.25, 0.3) is 0 Å². The first kappa shape index (κ1) is 15.7. The Kier molecular flexibility index (Phi) is 4.71. The largest absolute Gasteiger partial charge is 0.340 e. The summed E-state index contributed by atoms with van der Waals surface area (Å²) < 4.78 is 3.59. The minimum atomic E-state index is 0.138. The average molecular weight is 317 g/mol. The normalized spacial score (nSPS) is 18.4. The van der Waals surface area contributed by atoms with Crippen LogP contribution in [-0.4, -0.2) is 66.4 Å². The molecule has 2 aromatic rings. The molecule has 0 aromatic carbocycles. The van der Waals surface area contributed by atoms with Gasteiger partial charge in [-0.25, -0.2) is 4.98 Å². The maximum atomic E-state index is 12.5. The maximum absolute atomic E-state index is 12.5. The summed E-state index contributed by atoms with van der Waals surface area (Å²) in [5, 5.41) is 8.30. The number of carbonyl (C=O) groups excluding carboxylic acids is 1. The maximum Gasteiger partial charge on any atom is 0.236 e. The van der Waals surface area contributed by atoms with E-state index in [-0.39, 0.29) is 5.91 Å². The second-order valence-electron chi connectivity index (χ2n) is 6.16. The highest BCUT2D eigenvalue weighted by atomic mass is 16.2. The lowest BCUT2D eigenvalue weighted by Crippen LogP contribution is -2.41. The Morgan fingerprint density at radius 1 is 1.43 bits per heavy atom. The van der Waals surface area contributed by atoms with Gasteiger partial charge in [-0.3, -0.25) is 19.1 Å². The predicted molar refractivity (Wildman–Crippen MR) is 84.3 cm³/mol. The quantitative estimate of drug-likeness (QED) is 0.757. The number of likely N-dealkylation sites (N-methyl/N-ethyl adjacent to an activating group) is 1. The van der Waals surface area contributed by atoms with Crippen LogP contribution in [0.2, 0.25) is 0 Å². The molecule has 1 aliphatic heterocycles. The Labute approximate surface area is 135 Å². The highest BCUT2D eigenvalue weighted by Crippen LogP contribution is 2.18. The van der Waals surface area contributed by atoms with E-state index in [0.29, 0.717) is 19.1 Å². The Balaban J connectivity index is 1.53. The molecule has 0 radical (unpaired) electrons. The Bertz CT molecular complexity index is 636. The van der Waals surface area contributed by atoms with E-state index in [1.165, 1.54) is 0 Å². The molecule has 1 aliphatic rings. The third kappa shape index (κ3) is 3.95. The number of nitrogens with zero attached hydrogens (tertiary/aromatic N) is 7. The standard InChI is InChI=1S/C15H23N7O/c1-19(7-13-6-17-20(2)8-13)15(23)10-21-5-3-4-14(21)9-22-12-16-11-18-22/h6,8,11-12,14H,3-5,7,9-10H2,1-2H3/t14-/m0/s1. The van der Waals surface area contributed by atoms with E-state index in [1.54, 1.807) is 28.4 Å². The van der Waals surface area contributed by atoms with Crippen molar-refractivity contribution in [2.75, 3.05) is 20.1 Å². The van der Waals surface area contributed by atoms with Gasteiger partial charge in [-0.2, -0.15) is 10.2 Å². The summed E-state index contributed by atoms with van der Waals surface area (Å²) in [6, 6.07) is 0.354. The van der Waals surface area contributed by atoms with Crippen molar-refractivity contribution in [2.24, 2.45) is 7.05 Å². The van der Waals surface area contributed by atoms with Crippen molar-refractivity contribution in [2.45, 2.75) is 32.0 Å². The lowest BCUT2D eigenvalue weighted by molar-refractivity contribution is -0.131. The van der Waals surface area contributed by atoms with Crippen molar-refractivity contribution in [1.29, 1.82) is 0 Å². The molecule has 1 fully saturated rings. The Hall–Kier alpha value is -2.22. The number of carbonyl (C=O) groups is 1. The monoisotopic (exact) mass is 317 g/mol. The molecular weight excluding hydrogens is 294 g/mol. The zero-order valence-electron chi connectivity index (χ0n) is 13.7. The van der Waals surface area contributed by atoms with Crippen LogP contribution in [0.5, 0.6) is 0 Å². The number of likely N-dealkylation sites (tertiary alicyclic amines) is 1. The van der Waals surface area contributed by atoms with Gasteiger partial charge in [-0.1, -0.05) is 0 Å². The first-order valence-electron chi connectivity index (χ1n) is 7.90. The van der Waals surface area contributed by atoms with Crippen LogP contribution < -0.4 is 0 Å². The molecule has 23 heavy (non-hydrogen) atoms. The van der Waals surface area contributed by atoms with Crippen LogP contribution in [-0.2, 0) is 24.9 Å². The topological polar surface area (TPSA) is 72.1 Å². The summed E-state index contributed by atoms with van der Waals surface area (Å²) in [7, 11) is 3.72. The van der Waals surface area contributed by atoms with Crippen molar-refractivity contribution < 1.29 is 4.79 Å². The van der Waals surface area contributed by atoms with E-state index < -0.39 is 0 Å². The smallest absolute Gasteiger partial charge is 0.236 e. The third-order valence-electron chi connectivity index (χ3n) is 4.31. The van der Waals surface area contributed by atoms with Crippen molar-refractivity contribution in [3.8, 4) is 0 Å². The Morgan fingerprint density at radius 2 is 2.30 bits per heavy atom. The van der Waals surface area contributed by atoms with E-state index in [9.17, 15) is 4.79 Å². The predicted octanol–water partition coefficient (Wildman–Crippen LogP) is 0.135. The van der Waals surface area contributed by atoms with Crippen molar-refractivity contribution in [3.63, 3.8) is 0 Å². The van der Waals surface area contributed by atoms with Gasteiger partial charge in [-0.05, 0) is 19.4 Å². The summed E-state index contributed by atoms with van der Waals surface area (Å²) in [5.41, 5.74) is 1.05. The zero-order chi connectivity index (χ0) is 16.2. The summed E-state index contributed by atoms with van der Waals surface area (Å²) in [4.78, 5) is 20.5. The summed E-state index contributed by atoms with van der Waals surface area (Å²) in [6.45, 7) is 2.80. The second-order valence-corrected chi connectivity index (χ2v) is 6.16. The molecule has 8 nitrogen and oxygen atoms in total. The molecule has 2 aromatic heterocycles. The first-order chi connectivity index (χ1) is 11.1. The minimum absolute atomic E-state index is 0.138. The molecule has 0 N–H and O–H groups in total. The van der Waals surface area contributed by atoms with Crippen LogP contribution in [0.3, 0.4) is 0 Å². The van der Waals surface area contributed by atoms with Crippen molar-refractivity contribution >= 4 is 5.91 Å². The highest BCUT2D eigenvalue weighted by molar-refractivity contribution is 5.78. The van der Waals surface area contributed by atoms with Crippen LogP contribution in [0.1, 0.15) is 18.4 Å². The van der Waals surface area contributed by atoms with E-state index >= 15 is 0 Å². The van der Waals surface area contributed by atoms with Crippen molar-refractivity contribution in [1.82, 2.24) is 34.3 Å². The minimum Gasteiger partial charge on any atom is -0.340 e. The van der Waals surface area contributed by atoms with E-state index in [1.807, 2.05) is 25.0 Å². The van der Waals surface area contributed by atoms with Gasteiger partial charge in [0.25, 0.3) is 0 Å². The molecular formula is C15H23N7O. The fourth-order valence-corrected chi connectivity index (χ4v) is 3.06. The molecule has 3 rings (SSSR count). The zero-order valence-corrected chi connectivity index (χ0v) is 13.7. The average Bonchev–Trinajstić information content (AvgIpc) is 3.24. The number of amides is 1. The first-order valence-corrected chi connectivity index (χ1v) is 7.90. The van der Waals surface area contributed by atoms with Gasteiger partial charge in [0.15, 0.2) is 0 Å².